The van der Waals surface area contributed by atoms with Gasteiger partial charge in [-0.15, -0.1) is 11.6 Å². The highest BCUT2D eigenvalue weighted by atomic mass is 35.5. The molecule has 1 fully saturated rings. The SMILES string of the molecule is CCCCCCNC1CC(Cl)C1(C)C. The standard InChI is InChI=1S/C12H24ClN/c1-4-5-6-7-8-14-11-9-10(13)12(11,2)3/h10-11,14H,4-9H2,1-3H3. The maximum absolute atomic E-state index is 6.16. The lowest BCUT2D eigenvalue weighted by Crippen LogP contribution is -2.57. The van der Waals surface area contributed by atoms with E-state index in [-0.39, 0.29) is 0 Å². The van der Waals surface area contributed by atoms with Crippen molar-refractivity contribution in [2.75, 3.05) is 6.54 Å². The monoisotopic (exact) mass is 217 g/mol. The predicted octanol–water partition coefficient (Wildman–Crippen LogP) is 3.56. The summed E-state index contributed by atoms with van der Waals surface area (Å²) in [6, 6.07) is 0.645. The minimum Gasteiger partial charge on any atom is -0.313 e. The van der Waals surface area contributed by atoms with E-state index < -0.39 is 0 Å². The van der Waals surface area contributed by atoms with Crippen molar-refractivity contribution in [3.8, 4) is 0 Å². The first-order valence-electron chi connectivity index (χ1n) is 5.96. The number of unbranched alkanes of at least 4 members (excludes halogenated alkanes) is 3. The van der Waals surface area contributed by atoms with Crippen molar-refractivity contribution in [3.63, 3.8) is 0 Å². The average Bonchev–Trinajstić information content (AvgIpc) is 2.16. The zero-order chi connectivity index (χ0) is 10.6. The van der Waals surface area contributed by atoms with Crippen LogP contribution >= 0.6 is 11.6 Å². The van der Waals surface area contributed by atoms with Crippen molar-refractivity contribution < 1.29 is 0 Å². The third-order valence-electron chi connectivity index (χ3n) is 3.57. The third-order valence-corrected chi connectivity index (χ3v) is 4.31. The van der Waals surface area contributed by atoms with Gasteiger partial charge in [-0.05, 0) is 24.8 Å². The minimum absolute atomic E-state index is 0.298. The molecule has 1 nitrogen and oxygen atoms in total. The van der Waals surface area contributed by atoms with Crippen LogP contribution in [-0.4, -0.2) is 18.0 Å². The van der Waals surface area contributed by atoms with E-state index in [2.05, 4.69) is 26.1 Å². The molecular formula is C12H24ClN. The smallest absolute Gasteiger partial charge is 0.0416 e. The summed E-state index contributed by atoms with van der Waals surface area (Å²) in [6.07, 6.45) is 6.50. The van der Waals surface area contributed by atoms with Crippen molar-refractivity contribution in [3.05, 3.63) is 0 Å². The van der Waals surface area contributed by atoms with E-state index in [1.54, 1.807) is 0 Å². The van der Waals surface area contributed by atoms with E-state index in [0.29, 0.717) is 16.8 Å². The summed E-state index contributed by atoms with van der Waals surface area (Å²) in [5.41, 5.74) is 0.298. The number of halogens is 1. The molecule has 0 aromatic heterocycles. The summed E-state index contributed by atoms with van der Waals surface area (Å²) in [5.74, 6) is 0. The summed E-state index contributed by atoms with van der Waals surface area (Å²) in [5, 5.41) is 3.99. The van der Waals surface area contributed by atoms with E-state index in [0.717, 1.165) is 13.0 Å². The maximum Gasteiger partial charge on any atom is 0.0416 e. The Morgan fingerprint density at radius 2 is 2.00 bits per heavy atom. The van der Waals surface area contributed by atoms with Crippen molar-refractivity contribution in [1.82, 2.24) is 5.32 Å². The van der Waals surface area contributed by atoms with Gasteiger partial charge in [0.25, 0.3) is 0 Å². The number of hydrogen-bond acceptors (Lipinski definition) is 1. The Morgan fingerprint density at radius 1 is 1.29 bits per heavy atom. The first kappa shape index (κ1) is 12.3. The van der Waals surface area contributed by atoms with Crippen LogP contribution in [0.25, 0.3) is 0 Å². The normalized spacial score (nSPS) is 30.0. The van der Waals surface area contributed by atoms with Crippen molar-refractivity contribution >= 4 is 11.6 Å². The number of alkyl halides is 1. The Bertz CT molecular complexity index is 168. The van der Waals surface area contributed by atoms with Crippen LogP contribution in [0.5, 0.6) is 0 Å². The van der Waals surface area contributed by atoms with Gasteiger partial charge in [0, 0.05) is 11.4 Å². The van der Waals surface area contributed by atoms with Gasteiger partial charge < -0.3 is 5.32 Å². The molecule has 0 aromatic rings. The molecule has 1 saturated carbocycles. The second-order valence-corrected chi connectivity index (χ2v) is 5.62. The Morgan fingerprint density at radius 3 is 2.50 bits per heavy atom. The van der Waals surface area contributed by atoms with E-state index in [1.165, 1.54) is 25.7 Å². The molecule has 2 unspecified atom stereocenters. The Kier molecular flexibility index (Phi) is 4.72. The lowest BCUT2D eigenvalue weighted by molar-refractivity contribution is 0.117. The Labute approximate surface area is 93.6 Å². The van der Waals surface area contributed by atoms with Gasteiger partial charge in [-0.1, -0.05) is 40.0 Å². The molecule has 0 aromatic carbocycles. The molecule has 0 amide bonds. The highest BCUT2D eigenvalue weighted by Crippen LogP contribution is 2.44. The first-order valence-corrected chi connectivity index (χ1v) is 6.40. The molecule has 0 spiro atoms. The fraction of sp³-hybridized carbons (Fsp3) is 1.00. The van der Waals surface area contributed by atoms with E-state index in [4.69, 9.17) is 11.6 Å². The van der Waals surface area contributed by atoms with Gasteiger partial charge >= 0.3 is 0 Å². The van der Waals surface area contributed by atoms with Crippen LogP contribution in [0.15, 0.2) is 0 Å². The summed E-state index contributed by atoms with van der Waals surface area (Å²) < 4.78 is 0. The molecule has 2 heteroatoms. The molecule has 1 N–H and O–H groups in total. The first-order chi connectivity index (χ1) is 6.59. The highest BCUT2D eigenvalue weighted by Gasteiger charge is 2.46. The summed E-state index contributed by atoms with van der Waals surface area (Å²) in [7, 11) is 0. The average molecular weight is 218 g/mol. The van der Waals surface area contributed by atoms with Crippen LogP contribution in [0, 0.1) is 5.41 Å². The fourth-order valence-electron chi connectivity index (χ4n) is 2.05. The van der Waals surface area contributed by atoms with Crippen molar-refractivity contribution in [2.24, 2.45) is 5.41 Å². The zero-order valence-corrected chi connectivity index (χ0v) is 10.5. The molecule has 1 aliphatic carbocycles. The molecule has 0 bridgehead atoms. The number of nitrogens with one attached hydrogen (secondary N) is 1. The van der Waals surface area contributed by atoms with Crippen LogP contribution in [0.1, 0.15) is 52.9 Å². The van der Waals surface area contributed by atoms with Gasteiger partial charge in [0.2, 0.25) is 0 Å². The Balaban J connectivity index is 2.03. The topological polar surface area (TPSA) is 12.0 Å². The molecule has 0 saturated heterocycles. The summed E-state index contributed by atoms with van der Waals surface area (Å²) >= 11 is 6.16. The second kappa shape index (κ2) is 5.37. The van der Waals surface area contributed by atoms with Gasteiger partial charge in [0.05, 0.1) is 0 Å². The molecule has 14 heavy (non-hydrogen) atoms. The molecule has 0 radical (unpaired) electrons. The predicted molar refractivity (Wildman–Crippen MR) is 64.0 cm³/mol. The summed E-state index contributed by atoms with van der Waals surface area (Å²) in [6.45, 7) is 7.94. The Hall–Kier alpha value is 0.250. The van der Waals surface area contributed by atoms with E-state index >= 15 is 0 Å². The van der Waals surface area contributed by atoms with E-state index in [1.807, 2.05) is 0 Å². The minimum atomic E-state index is 0.298. The van der Waals surface area contributed by atoms with Gasteiger partial charge in [-0.2, -0.15) is 0 Å². The fourth-order valence-corrected chi connectivity index (χ4v) is 2.38. The molecular weight excluding hydrogens is 194 g/mol. The molecule has 84 valence electrons. The second-order valence-electron chi connectivity index (χ2n) is 5.09. The van der Waals surface area contributed by atoms with Crippen LogP contribution in [0.2, 0.25) is 0 Å². The van der Waals surface area contributed by atoms with Crippen molar-refractivity contribution in [1.29, 1.82) is 0 Å². The van der Waals surface area contributed by atoms with Crippen LogP contribution < -0.4 is 5.32 Å². The molecule has 0 heterocycles. The van der Waals surface area contributed by atoms with Crippen LogP contribution in [0.4, 0.5) is 0 Å². The molecule has 0 aliphatic heterocycles. The lowest BCUT2D eigenvalue weighted by atomic mass is 9.67. The highest BCUT2D eigenvalue weighted by molar-refractivity contribution is 6.21. The molecule has 1 aliphatic rings. The van der Waals surface area contributed by atoms with Crippen molar-refractivity contribution in [2.45, 2.75) is 64.3 Å². The largest absolute Gasteiger partial charge is 0.313 e. The lowest BCUT2D eigenvalue weighted by Gasteiger charge is -2.49. The van der Waals surface area contributed by atoms with E-state index in [9.17, 15) is 0 Å². The van der Waals surface area contributed by atoms with Gasteiger partial charge in [0.15, 0.2) is 0 Å². The van der Waals surface area contributed by atoms with Crippen LogP contribution in [-0.2, 0) is 0 Å². The van der Waals surface area contributed by atoms with Gasteiger partial charge in [-0.25, -0.2) is 0 Å². The molecule has 2 atom stereocenters. The van der Waals surface area contributed by atoms with Gasteiger partial charge in [-0.3, -0.25) is 0 Å². The van der Waals surface area contributed by atoms with Crippen LogP contribution in [0.3, 0.4) is 0 Å². The maximum atomic E-state index is 6.16. The number of hydrogen-bond donors (Lipinski definition) is 1. The summed E-state index contributed by atoms with van der Waals surface area (Å²) in [4.78, 5) is 0. The number of rotatable bonds is 6. The quantitative estimate of drug-likeness (QED) is 0.530. The molecule has 1 rings (SSSR count). The zero-order valence-electron chi connectivity index (χ0n) is 9.78. The van der Waals surface area contributed by atoms with Gasteiger partial charge in [0.1, 0.15) is 0 Å². The third kappa shape index (κ3) is 2.87.